The zero-order chi connectivity index (χ0) is 13.8. The van der Waals surface area contributed by atoms with E-state index >= 15 is 0 Å². The fraction of sp³-hybridized carbons (Fsp3) is 0.600. The lowest BCUT2D eigenvalue weighted by molar-refractivity contribution is 0.277. The van der Waals surface area contributed by atoms with Crippen molar-refractivity contribution in [3.05, 3.63) is 28.8 Å². The van der Waals surface area contributed by atoms with Crippen LogP contribution >= 0.6 is 11.6 Å². The summed E-state index contributed by atoms with van der Waals surface area (Å²) in [7, 11) is 4.26. The number of anilines is 1. The van der Waals surface area contributed by atoms with Crippen molar-refractivity contribution in [2.75, 3.05) is 38.6 Å². The van der Waals surface area contributed by atoms with E-state index in [1.54, 1.807) is 0 Å². The number of piperidine rings is 1. The SMILES string of the molecule is CN(C)CC1CCN(c2c(Cl)cccc2CO)CC1. The number of para-hydroxylation sites is 1. The van der Waals surface area contributed by atoms with Crippen LogP contribution in [0.15, 0.2) is 18.2 Å². The molecule has 0 aliphatic carbocycles. The Hall–Kier alpha value is -0.770. The first-order valence-electron chi connectivity index (χ1n) is 6.89. The molecule has 0 atom stereocenters. The zero-order valence-corrected chi connectivity index (χ0v) is 12.5. The molecule has 1 aliphatic heterocycles. The number of rotatable bonds is 4. The van der Waals surface area contributed by atoms with Crippen LogP contribution in [0.5, 0.6) is 0 Å². The van der Waals surface area contributed by atoms with Crippen LogP contribution in [-0.4, -0.2) is 43.7 Å². The van der Waals surface area contributed by atoms with Crippen LogP contribution in [0.1, 0.15) is 18.4 Å². The van der Waals surface area contributed by atoms with Crippen molar-refractivity contribution in [3.63, 3.8) is 0 Å². The second kappa shape index (κ2) is 6.60. The van der Waals surface area contributed by atoms with Crippen LogP contribution in [0.25, 0.3) is 0 Å². The summed E-state index contributed by atoms with van der Waals surface area (Å²) in [6.45, 7) is 3.25. The molecule has 0 spiro atoms. The van der Waals surface area contributed by atoms with Gasteiger partial charge in [-0.2, -0.15) is 0 Å². The van der Waals surface area contributed by atoms with E-state index in [0.29, 0.717) is 0 Å². The molecule has 1 fully saturated rings. The highest BCUT2D eigenvalue weighted by Crippen LogP contribution is 2.33. The average Bonchev–Trinajstić information content (AvgIpc) is 2.39. The maximum Gasteiger partial charge on any atom is 0.0702 e. The molecule has 4 heteroatoms. The zero-order valence-electron chi connectivity index (χ0n) is 11.8. The van der Waals surface area contributed by atoms with Gasteiger partial charge in [0.1, 0.15) is 0 Å². The number of hydrogen-bond donors (Lipinski definition) is 1. The van der Waals surface area contributed by atoms with E-state index in [1.165, 1.54) is 12.8 Å². The molecule has 0 radical (unpaired) electrons. The van der Waals surface area contributed by atoms with Crippen LogP contribution in [-0.2, 0) is 6.61 Å². The lowest BCUT2D eigenvalue weighted by Gasteiger charge is -2.36. The molecule has 19 heavy (non-hydrogen) atoms. The lowest BCUT2D eigenvalue weighted by atomic mass is 9.95. The van der Waals surface area contributed by atoms with Crippen molar-refractivity contribution < 1.29 is 5.11 Å². The van der Waals surface area contributed by atoms with Crippen molar-refractivity contribution in [1.82, 2.24) is 4.90 Å². The lowest BCUT2D eigenvalue weighted by Crippen LogP contribution is -2.37. The second-order valence-corrected chi connectivity index (χ2v) is 6.01. The van der Waals surface area contributed by atoms with Gasteiger partial charge in [0.05, 0.1) is 17.3 Å². The van der Waals surface area contributed by atoms with E-state index in [9.17, 15) is 5.11 Å². The second-order valence-electron chi connectivity index (χ2n) is 5.60. The normalized spacial score (nSPS) is 17.2. The molecule has 0 bridgehead atoms. The molecular weight excluding hydrogens is 260 g/mol. The molecule has 3 nitrogen and oxygen atoms in total. The number of nitrogens with zero attached hydrogens (tertiary/aromatic N) is 2. The smallest absolute Gasteiger partial charge is 0.0702 e. The molecule has 0 unspecified atom stereocenters. The van der Waals surface area contributed by atoms with Crippen LogP contribution in [0.3, 0.4) is 0 Å². The number of hydrogen-bond acceptors (Lipinski definition) is 3. The molecule has 0 amide bonds. The number of benzene rings is 1. The van der Waals surface area contributed by atoms with Crippen molar-refractivity contribution in [1.29, 1.82) is 0 Å². The van der Waals surface area contributed by atoms with Crippen molar-refractivity contribution in [2.24, 2.45) is 5.92 Å². The maximum atomic E-state index is 9.45. The van der Waals surface area contributed by atoms with Gasteiger partial charge in [-0.25, -0.2) is 0 Å². The van der Waals surface area contributed by atoms with E-state index in [4.69, 9.17) is 11.6 Å². The van der Waals surface area contributed by atoms with Gasteiger partial charge in [-0.15, -0.1) is 0 Å². The highest BCUT2D eigenvalue weighted by molar-refractivity contribution is 6.33. The van der Waals surface area contributed by atoms with Gasteiger partial charge in [-0.1, -0.05) is 23.7 Å². The van der Waals surface area contributed by atoms with Crippen LogP contribution in [0.2, 0.25) is 5.02 Å². The maximum absolute atomic E-state index is 9.45. The fourth-order valence-electron chi connectivity index (χ4n) is 2.90. The Bertz CT molecular complexity index is 415. The van der Waals surface area contributed by atoms with Crippen LogP contribution < -0.4 is 4.90 Å². The van der Waals surface area contributed by atoms with Gasteiger partial charge in [0.25, 0.3) is 0 Å². The Labute approximate surface area is 120 Å². The summed E-state index contributed by atoms with van der Waals surface area (Å²) in [6.07, 6.45) is 2.38. The molecule has 1 aliphatic rings. The molecule has 1 saturated heterocycles. The van der Waals surface area contributed by atoms with Gasteiger partial charge in [0.2, 0.25) is 0 Å². The molecule has 0 aromatic heterocycles. The van der Waals surface area contributed by atoms with Gasteiger partial charge in [-0.3, -0.25) is 0 Å². The number of halogens is 1. The topological polar surface area (TPSA) is 26.7 Å². The Morgan fingerprint density at radius 2 is 2.00 bits per heavy atom. The van der Waals surface area contributed by atoms with Gasteiger partial charge in [0.15, 0.2) is 0 Å². The average molecular weight is 283 g/mol. The third-order valence-electron chi connectivity index (χ3n) is 3.79. The van der Waals surface area contributed by atoms with Gasteiger partial charge in [0, 0.05) is 25.2 Å². The summed E-state index contributed by atoms with van der Waals surface area (Å²) in [4.78, 5) is 4.58. The predicted octanol–water partition coefficient (Wildman–Crippen LogP) is 2.61. The van der Waals surface area contributed by atoms with E-state index < -0.39 is 0 Å². The van der Waals surface area contributed by atoms with Gasteiger partial charge < -0.3 is 14.9 Å². The Morgan fingerprint density at radius 1 is 1.32 bits per heavy atom. The minimum absolute atomic E-state index is 0.0491. The standard InChI is InChI=1S/C15H23ClN2O/c1-17(2)10-12-6-8-18(9-7-12)15-13(11-19)4-3-5-14(15)16/h3-5,12,19H,6-11H2,1-2H3. The number of aliphatic hydroxyl groups excluding tert-OH is 1. The monoisotopic (exact) mass is 282 g/mol. The van der Waals surface area contributed by atoms with Gasteiger partial charge >= 0.3 is 0 Å². The van der Waals surface area contributed by atoms with Gasteiger partial charge in [-0.05, 0) is 38.9 Å². The van der Waals surface area contributed by atoms with Crippen LogP contribution in [0.4, 0.5) is 5.69 Å². The highest BCUT2D eigenvalue weighted by atomic mass is 35.5. The fourth-order valence-corrected chi connectivity index (χ4v) is 3.21. The minimum Gasteiger partial charge on any atom is -0.392 e. The van der Waals surface area contributed by atoms with E-state index in [-0.39, 0.29) is 6.61 Å². The molecule has 106 valence electrons. The van der Waals surface area contributed by atoms with E-state index in [0.717, 1.165) is 41.8 Å². The third-order valence-corrected chi connectivity index (χ3v) is 4.10. The van der Waals surface area contributed by atoms with E-state index in [2.05, 4.69) is 23.9 Å². The molecule has 1 N–H and O–H groups in total. The quantitative estimate of drug-likeness (QED) is 0.920. The van der Waals surface area contributed by atoms with Crippen molar-refractivity contribution >= 4 is 17.3 Å². The molecule has 1 aromatic carbocycles. The van der Waals surface area contributed by atoms with Crippen molar-refractivity contribution in [3.8, 4) is 0 Å². The third kappa shape index (κ3) is 3.62. The summed E-state index contributed by atoms with van der Waals surface area (Å²) in [5.74, 6) is 0.770. The molecule has 0 saturated carbocycles. The molecule has 1 aromatic rings. The number of aliphatic hydroxyl groups is 1. The van der Waals surface area contributed by atoms with Crippen molar-refractivity contribution in [2.45, 2.75) is 19.4 Å². The summed E-state index contributed by atoms with van der Waals surface area (Å²) in [5, 5.41) is 10.2. The van der Waals surface area contributed by atoms with Crippen LogP contribution in [0, 0.1) is 5.92 Å². The Kier molecular flexibility index (Phi) is 5.08. The molecular formula is C15H23ClN2O. The summed E-state index contributed by atoms with van der Waals surface area (Å²) < 4.78 is 0. The minimum atomic E-state index is 0.0491. The first-order valence-corrected chi connectivity index (χ1v) is 7.27. The Morgan fingerprint density at radius 3 is 2.58 bits per heavy atom. The highest BCUT2D eigenvalue weighted by Gasteiger charge is 2.22. The summed E-state index contributed by atoms with van der Waals surface area (Å²) >= 11 is 6.30. The molecule has 2 rings (SSSR count). The molecule has 1 heterocycles. The first kappa shape index (κ1) is 14.6. The van der Waals surface area contributed by atoms with E-state index in [1.807, 2.05) is 18.2 Å². The predicted molar refractivity (Wildman–Crippen MR) is 80.9 cm³/mol. The largest absolute Gasteiger partial charge is 0.392 e. The summed E-state index contributed by atoms with van der Waals surface area (Å²) in [5.41, 5.74) is 1.95. The Balaban J connectivity index is 2.05. The first-order chi connectivity index (χ1) is 9.11. The summed E-state index contributed by atoms with van der Waals surface area (Å²) in [6, 6.07) is 5.76.